The van der Waals surface area contributed by atoms with E-state index in [2.05, 4.69) is 5.32 Å². The molecule has 4 nitrogen and oxygen atoms in total. The highest BCUT2D eigenvalue weighted by Crippen LogP contribution is 2.23. The number of aryl methyl sites for hydroxylation is 3. The lowest BCUT2D eigenvalue weighted by atomic mass is 10.0. The SMILES string of the molecule is CSc1ccccc1C(=O)O[C@H](C)C(=O)Nc1c(C)cc(C)cc1C. The Hall–Kier alpha value is -2.27. The van der Waals surface area contributed by atoms with E-state index in [0.717, 1.165) is 27.3 Å². The molecule has 2 aromatic carbocycles. The smallest absolute Gasteiger partial charge is 0.340 e. The highest BCUT2D eigenvalue weighted by atomic mass is 32.2. The quantitative estimate of drug-likeness (QED) is 0.631. The van der Waals surface area contributed by atoms with Crippen molar-refractivity contribution in [3.05, 3.63) is 58.7 Å². The van der Waals surface area contributed by atoms with Gasteiger partial charge >= 0.3 is 5.97 Å². The minimum absolute atomic E-state index is 0.343. The Morgan fingerprint density at radius 2 is 1.68 bits per heavy atom. The van der Waals surface area contributed by atoms with Crippen LogP contribution in [-0.4, -0.2) is 24.2 Å². The molecule has 2 rings (SSSR count). The minimum Gasteiger partial charge on any atom is -0.449 e. The van der Waals surface area contributed by atoms with Crippen molar-refractivity contribution in [2.45, 2.75) is 38.7 Å². The van der Waals surface area contributed by atoms with Crippen molar-refractivity contribution in [2.75, 3.05) is 11.6 Å². The zero-order valence-corrected chi connectivity index (χ0v) is 16.0. The summed E-state index contributed by atoms with van der Waals surface area (Å²) in [7, 11) is 0. The maximum atomic E-state index is 12.4. The second kappa shape index (κ2) is 8.21. The molecular weight excluding hydrogens is 334 g/mol. The van der Waals surface area contributed by atoms with Gasteiger partial charge in [0.05, 0.1) is 5.56 Å². The molecule has 0 bridgehead atoms. The van der Waals surface area contributed by atoms with Crippen LogP contribution in [0.4, 0.5) is 5.69 Å². The minimum atomic E-state index is -0.887. The summed E-state index contributed by atoms with van der Waals surface area (Å²) in [4.78, 5) is 25.6. The Bertz CT molecular complexity index is 778. The van der Waals surface area contributed by atoms with Gasteiger partial charge in [-0.2, -0.15) is 0 Å². The van der Waals surface area contributed by atoms with Gasteiger partial charge < -0.3 is 10.1 Å². The van der Waals surface area contributed by atoms with Crippen molar-refractivity contribution >= 4 is 29.3 Å². The van der Waals surface area contributed by atoms with Crippen LogP contribution in [0.15, 0.2) is 41.3 Å². The number of thioether (sulfide) groups is 1. The van der Waals surface area contributed by atoms with Crippen LogP contribution in [0.3, 0.4) is 0 Å². The second-order valence-electron chi connectivity index (χ2n) is 6.01. The Morgan fingerprint density at radius 3 is 2.28 bits per heavy atom. The summed E-state index contributed by atoms with van der Waals surface area (Å²) < 4.78 is 5.35. The molecule has 0 aliphatic rings. The number of hydrogen-bond donors (Lipinski definition) is 1. The third-order valence-electron chi connectivity index (χ3n) is 3.91. The number of amides is 1. The molecule has 5 heteroatoms. The molecule has 1 atom stereocenters. The average Bonchev–Trinajstić information content (AvgIpc) is 2.57. The van der Waals surface area contributed by atoms with Gasteiger partial charge in [-0.1, -0.05) is 29.8 Å². The number of ether oxygens (including phenoxy) is 1. The molecule has 1 amide bonds. The van der Waals surface area contributed by atoms with Crippen molar-refractivity contribution in [1.29, 1.82) is 0 Å². The molecular formula is C20H23NO3S. The van der Waals surface area contributed by atoms with E-state index in [1.54, 1.807) is 19.1 Å². The largest absolute Gasteiger partial charge is 0.449 e. The van der Waals surface area contributed by atoms with Crippen LogP contribution in [-0.2, 0) is 9.53 Å². The third kappa shape index (κ3) is 4.63. The van der Waals surface area contributed by atoms with Crippen LogP contribution in [0.1, 0.15) is 34.0 Å². The van der Waals surface area contributed by atoms with Crippen LogP contribution in [0.5, 0.6) is 0 Å². The number of hydrogen-bond acceptors (Lipinski definition) is 4. The van der Waals surface area contributed by atoms with E-state index in [1.165, 1.54) is 11.8 Å². The molecule has 1 N–H and O–H groups in total. The number of nitrogens with one attached hydrogen (secondary N) is 1. The number of carbonyl (C=O) groups is 2. The molecule has 0 radical (unpaired) electrons. The number of benzene rings is 2. The summed E-state index contributed by atoms with van der Waals surface area (Å²) in [6.07, 6.45) is 1.01. The lowest BCUT2D eigenvalue weighted by Crippen LogP contribution is -2.30. The van der Waals surface area contributed by atoms with Crippen molar-refractivity contribution in [3.8, 4) is 0 Å². The van der Waals surface area contributed by atoms with Gasteiger partial charge in [0.2, 0.25) is 0 Å². The van der Waals surface area contributed by atoms with Crippen molar-refractivity contribution in [3.63, 3.8) is 0 Å². The number of anilines is 1. The molecule has 0 spiro atoms. The first-order chi connectivity index (χ1) is 11.8. The molecule has 0 unspecified atom stereocenters. The molecule has 2 aromatic rings. The topological polar surface area (TPSA) is 55.4 Å². The standard InChI is InChI=1S/C20H23NO3S/c1-12-10-13(2)18(14(3)11-12)21-19(22)15(4)24-20(23)16-8-6-7-9-17(16)25-5/h6-11,15H,1-5H3,(H,21,22)/t15-/m1/s1. The van der Waals surface area contributed by atoms with E-state index in [1.807, 2.05) is 51.3 Å². The van der Waals surface area contributed by atoms with Crippen molar-refractivity contribution < 1.29 is 14.3 Å². The monoisotopic (exact) mass is 357 g/mol. The summed E-state index contributed by atoms with van der Waals surface area (Å²) in [6, 6.07) is 11.2. The highest BCUT2D eigenvalue weighted by molar-refractivity contribution is 7.98. The first kappa shape index (κ1) is 19.1. The summed E-state index contributed by atoms with van der Waals surface area (Å²) in [5, 5.41) is 2.87. The molecule has 0 aromatic heterocycles. The molecule has 0 aliphatic carbocycles. The molecule has 132 valence electrons. The average molecular weight is 357 g/mol. The zero-order chi connectivity index (χ0) is 18.6. The molecule has 0 saturated carbocycles. The van der Waals surface area contributed by atoms with E-state index in [9.17, 15) is 9.59 Å². The summed E-state index contributed by atoms with van der Waals surface area (Å²) in [6.45, 7) is 7.48. The summed E-state index contributed by atoms with van der Waals surface area (Å²) in [5.41, 5.74) is 4.34. The Kier molecular flexibility index (Phi) is 6.26. The summed E-state index contributed by atoms with van der Waals surface area (Å²) >= 11 is 1.47. The second-order valence-corrected chi connectivity index (χ2v) is 6.86. The lowest BCUT2D eigenvalue weighted by molar-refractivity contribution is -0.123. The van der Waals surface area contributed by atoms with Gasteiger partial charge in [-0.15, -0.1) is 11.8 Å². The molecule has 0 heterocycles. The van der Waals surface area contributed by atoms with Crippen molar-refractivity contribution in [2.24, 2.45) is 0 Å². The first-order valence-electron chi connectivity index (χ1n) is 8.06. The lowest BCUT2D eigenvalue weighted by Gasteiger charge is -2.17. The Morgan fingerprint density at radius 1 is 1.08 bits per heavy atom. The number of rotatable bonds is 5. The van der Waals surface area contributed by atoms with Gasteiger partial charge in [0.1, 0.15) is 0 Å². The van der Waals surface area contributed by atoms with E-state index in [4.69, 9.17) is 4.74 Å². The highest BCUT2D eigenvalue weighted by Gasteiger charge is 2.21. The van der Waals surface area contributed by atoms with Gasteiger partial charge in [0, 0.05) is 10.6 Å². The molecule has 0 aliphatic heterocycles. The predicted molar refractivity (Wildman–Crippen MR) is 102 cm³/mol. The predicted octanol–water partition coefficient (Wildman–Crippen LogP) is 4.52. The fourth-order valence-corrected chi connectivity index (χ4v) is 3.28. The maximum Gasteiger partial charge on any atom is 0.340 e. The van der Waals surface area contributed by atoms with Gasteiger partial charge in [-0.25, -0.2) is 4.79 Å². The fourth-order valence-electron chi connectivity index (χ4n) is 2.69. The van der Waals surface area contributed by atoms with Crippen molar-refractivity contribution in [1.82, 2.24) is 0 Å². The van der Waals surface area contributed by atoms with Crippen LogP contribution in [0, 0.1) is 20.8 Å². The molecule has 0 fully saturated rings. The van der Waals surface area contributed by atoms with Crippen LogP contribution in [0.2, 0.25) is 0 Å². The van der Waals surface area contributed by atoms with E-state index in [-0.39, 0.29) is 5.91 Å². The third-order valence-corrected chi connectivity index (χ3v) is 4.70. The maximum absolute atomic E-state index is 12.4. The van der Waals surface area contributed by atoms with Gasteiger partial charge in [-0.05, 0) is 57.2 Å². The van der Waals surface area contributed by atoms with Crippen LogP contribution < -0.4 is 5.32 Å². The first-order valence-corrected chi connectivity index (χ1v) is 9.28. The van der Waals surface area contributed by atoms with E-state index >= 15 is 0 Å². The summed E-state index contributed by atoms with van der Waals surface area (Å²) in [5.74, 6) is -0.838. The molecule has 0 saturated heterocycles. The van der Waals surface area contributed by atoms with Crippen LogP contribution >= 0.6 is 11.8 Å². The number of esters is 1. The molecule has 25 heavy (non-hydrogen) atoms. The fraction of sp³-hybridized carbons (Fsp3) is 0.300. The Balaban J connectivity index is 2.09. The normalized spacial score (nSPS) is 11.7. The Labute approximate surface area is 153 Å². The van der Waals surface area contributed by atoms with Gasteiger partial charge in [0.25, 0.3) is 5.91 Å². The number of carbonyl (C=O) groups excluding carboxylic acids is 2. The van der Waals surface area contributed by atoms with Crippen LogP contribution in [0.25, 0.3) is 0 Å². The van der Waals surface area contributed by atoms with E-state index in [0.29, 0.717) is 5.56 Å². The van der Waals surface area contributed by atoms with Gasteiger partial charge in [-0.3, -0.25) is 4.79 Å². The van der Waals surface area contributed by atoms with E-state index < -0.39 is 12.1 Å². The van der Waals surface area contributed by atoms with Gasteiger partial charge in [0.15, 0.2) is 6.10 Å². The zero-order valence-electron chi connectivity index (χ0n) is 15.2.